The highest BCUT2D eigenvalue weighted by Gasteiger charge is 2.37. The van der Waals surface area contributed by atoms with Crippen molar-refractivity contribution in [3.05, 3.63) is 89.7 Å². The number of hydrogen-bond donors (Lipinski definition) is 1. The zero-order valence-corrected chi connectivity index (χ0v) is 14.8. The van der Waals surface area contributed by atoms with E-state index in [-0.39, 0.29) is 18.5 Å². The fourth-order valence-corrected chi connectivity index (χ4v) is 3.24. The molecule has 0 bridgehead atoms. The van der Waals surface area contributed by atoms with E-state index < -0.39 is 6.04 Å². The third-order valence-electron chi connectivity index (χ3n) is 4.60. The van der Waals surface area contributed by atoms with Crippen molar-refractivity contribution in [2.45, 2.75) is 25.6 Å². The normalized spacial score (nSPS) is 16.6. The van der Waals surface area contributed by atoms with Gasteiger partial charge in [-0.25, -0.2) is 4.79 Å². The minimum Gasteiger partial charge on any atom is -0.325 e. The Hall–Kier alpha value is -3.41. The van der Waals surface area contributed by atoms with E-state index >= 15 is 0 Å². The first kappa shape index (κ1) is 17.0. The van der Waals surface area contributed by atoms with Gasteiger partial charge in [-0.05, 0) is 11.1 Å². The van der Waals surface area contributed by atoms with Crippen molar-refractivity contribution < 1.29 is 9.59 Å². The lowest BCUT2D eigenvalue weighted by atomic mass is 10.1. The molecule has 0 radical (unpaired) electrons. The molecule has 4 rings (SSSR count). The molecule has 1 fully saturated rings. The molecule has 1 atom stereocenters. The average molecular weight is 360 g/mol. The average Bonchev–Trinajstić information content (AvgIpc) is 3.23. The fourth-order valence-electron chi connectivity index (χ4n) is 3.24. The van der Waals surface area contributed by atoms with Crippen LogP contribution in [0.15, 0.2) is 73.1 Å². The van der Waals surface area contributed by atoms with E-state index in [9.17, 15) is 9.59 Å². The van der Waals surface area contributed by atoms with Gasteiger partial charge in [0.25, 0.3) is 5.91 Å². The molecule has 6 heteroatoms. The van der Waals surface area contributed by atoms with Crippen molar-refractivity contribution in [2.24, 2.45) is 0 Å². The Kier molecular flexibility index (Phi) is 4.70. The monoisotopic (exact) mass is 360 g/mol. The summed E-state index contributed by atoms with van der Waals surface area (Å²) in [4.78, 5) is 26.2. The molecule has 136 valence electrons. The van der Waals surface area contributed by atoms with Crippen molar-refractivity contribution in [3.8, 4) is 0 Å². The van der Waals surface area contributed by atoms with Crippen LogP contribution in [0.1, 0.15) is 16.7 Å². The molecule has 6 nitrogen and oxygen atoms in total. The minimum absolute atomic E-state index is 0.195. The number of aromatic nitrogens is 2. The zero-order valence-electron chi connectivity index (χ0n) is 14.8. The number of imide groups is 1. The van der Waals surface area contributed by atoms with Crippen molar-refractivity contribution >= 4 is 11.9 Å². The van der Waals surface area contributed by atoms with Gasteiger partial charge in [-0.1, -0.05) is 60.7 Å². The van der Waals surface area contributed by atoms with Crippen molar-refractivity contribution in [1.82, 2.24) is 20.0 Å². The Bertz CT molecular complexity index is 937. The van der Waals surface area contributed by atoms with Gasteiger partial charge in [0.1, 0.15) is 6.04 Å². The highest BCUT2D eigenvalue weighted by atomic mass is 16.2. The first-order valence-electron chi connectivity index (χ1n) is 8.90. The molecule has 1 aliphatic rings. The highest BCUT2D eigenvalue weighted by molar-refractivity contribution is 6.04. The molecule has 1 N–H and O–H groups in total. The second-order valence-electron chi connectivity index (χ2n) is 6.65. The lowest BCUT2D eigenvalue weighted by Gasteiger charge is -2.11. The number of carbonyl (C=O) groups is 2. The molecule has 1 aliphatic heterocycles. The summed E-state index contributed by atoms with van der Waals surface area (Å²) < 4.78 is 1.81. The van der Waals surface area contributed by atoms with Crippen LogP contribution in [0, 0.1) is 0 Å². The summed E-state index contributed by atoms with van der Waals surface area (Å²) in [5.41, 5.74) is 2.99. The highest BCUT2D eigenvalue weighted by Crippen LogP contribution is 2.15. The maximum absolute atomic E-state index is 12.6. The van der Waals surface area contributed by atoms with E-state index in [1.54, 1.807) is 6.20 Å². The van der Waals surface area contributed by atoms with Gasteiger partial charge in [0, 0.05) is 18.2 Å². The van der Waals surface area contributed by atoms with Crippen LogP contribution in [-0.2, 0) is 24.3 Å². The molecule has 2 heterocycles. The van der Waals surface area contributed by atoms with Crippen LogP contribution < -0.4 is 5.32 Å². The SMILES string of the molecule is O=C1N[C@H](Cc2ccccc2)C(=O)N1Cc1cnn(Cc2ccccc2)c1. The molecule has 0 aliphatic carbocycles. The molecule has 3 amide bonds. The maximum atomic E-state index is 12.6. The van der Waals surface area contributed by atoms with Crippen LogP contribution in [0.2, 0.25) is 0 Å². The largest absolute Gasteiger partial charge is 0.325 e. The topological polar surface area (TPSA) is 67.2 Å². The van der Waals surface area contributed by atoms with Crippen LogP contribution in [0.4, 0.5) is 4.79 Å². The number of nitrogens with one attached hydrogen (secondary N) is 1. The third kappa shape index (κ3) is 3.89. The summed E-state index contributed by atoms with van der Waals surface area (Å²) in [6.07, 6.45) is 4.07. The van der Waals surface area contributed by atoms with E-state index in [1.807, 2.05) is 71.5 Å². The summed E-state index contributed by atoms with van der Waals surface area (Å²) in [5, 5.41) is 7.12. The molecule has 0 unspecified atom stereocenters. The van der Waals surface area contributed by atoms with E-state index in [0.717, 1.165) is 16.7 Å². The van der Waals surface area contributed by atoms with E-state index in [0.29, 0.717) is 13.0 Å². The predicted octanol–water partition coefficient (Wildman–Crippen LogP) is 2.59. The fraction of sp³-hybridized carbons (Fsp3) is 0.190. The molecule has 0 saturated carbocycles. The number of amides is 3. The van der Waals surface area contributed by atoms with Crippen LogP contribution in [0.25, 0.3) is 0 Å². The van der Waals surface area contributed by atoms with Crippen molar-refractivity contribution in [2.75, 3.05) is 0 Å². The number of hydrogen-bond acceptors (Lipinski definition) is 3. The van der Waals surface area contributed by atoms with Gasteiger partial charge >= 0.3 is 6.03 Å². The zero-order chi connectivity index (χ0) is 18.6. The summed E-state index contributed by atoms with van der Waals surface area (Å²) >= 11 is 0. The molecule has 1 aromatic heterocycles. The van der Waals surface area contributed by atoms with Crippen LogP contribution >= 0.6 is 0 Å². The van der Waals surface area contributed by atoms with Gasteiger partial charge in [-0.15, -0.1) is 0 Å². The Balaban J connectivity index is 1.40. The van der Waals surface area contributed by atoms with Crippen molar-refractivity contribution in [3.63, 3.8) is 0 Å². The standard InChI is InChI=1S/C21H20N4O2/c26-20-19(11-16-7-3-1-4-8-16)23-21(27)25(20)15-18-12-22-24(14-18)13-17-9-5-2-6-10-17/h1-10,12,14,19H,11,13,15H2,(H,23,27)/t19-/m1/s1. The maximum Gasteiger partial charge on any atom is 0.325 e. The molecular weight excluding hydrogens is 340 g/mol. The van der Waals surface area contributed by atoms with Crippen LogP contribution in [0.5, 0.6) is 0 Å². The third-order valence-corrected chi connectivity index (χ3v) is 4.60. The van der Waals surface area contributed by atoms with Crippen LogP contribution in [0.3, 0.4) is 0 Å². The molecular formula is C21H20N4O2. The first-order valence-corrected chi connectivity index (χ1v) is 8.90. The van der Waals surface area contributed by atoms with Crippen molar-refractivity contribution in [1.29, 1.82) is 0 Å². The quantitative estimate of drug-likeness (QED) is 0.687. The van der Waals surface area contributed by atoms with Crippen LogP contribution in [-0.4, -0.2) is 32.7 Å². The van der Waals surface area contributed by atoms with Gasteiger partial charge < -0.3 is 5.32 Å². The van der Waals surface area contributed by atoms with Gasteiger partial charge in [-0.2, -0.15) is 5.10 Å². The Morgan fingerprint density at radius 2 is 1.52 bits per heavy atom. The first-order chi connectivity index (χ1) is 13.2. The molecule has 0 spiro atoms. The van der Waals surface area contributed by atoms with Gasteiger partial charge in [0.15, 0.2) is 0 Å². The van der Waals surface area contributed by atoms with E-state index in [4.69, 9.17) is 0 Å². The lowest BCUT2D eigenvalue weighted by Crippen LogP contribution is -2.32. The van der Waals surface area contributed by atoms with E-state index in [1.165, 1.54) is 4.90 Å². The molecule has 3 aromatic rings. The second kappa shape index (κ2) is 7.45. The van der Waals surface area contributed by atoms with Gasteiger partial charge in [0.2, 0.25) is 0 Å². The number of nitrogens with zero attached hydrogens (tertiary/aromatic N) is 3. The predicted molar refractivity (Wildman–Crippen MR) is 101 cm³/mol. The summed E-state index contributed by atoms with van der Waals surface area (Å²) in [6.45, 7) is 0.877. The summed E-state index contributed by atoms with van der Waals surface area (Å²) in [5.74, 6) is -0.195. The summed E-state index contributed by atoms with van der Waals surface area (Å²) in [6, 6.07) is 18.8. The molecule has 27 heavy (non-hydrogen) atoms. The minimum atomic E-state index is -0.515. The lowest BCUT2D eigenvalue weighted by molar-refractivity contribution is -0.127. The number of urea groups is 1. The van der Waals surface area contributed by atoms with E-state index in [2.05, 4.69) is 10.4 Å². The number of benzene rings is 2. The Labute approximate surface area is 157 Å². The smallest absolute Gasteiger partial charge is 0.325 e. The molecule has 2 aromatic carbocycles. The Morgan fingerprint density at radius 1 is 0.852 bits per heavy atom. The summed E-state index contributed by atoms with van der Waals surface area (Å²) in [7, 11) is 0. The van der Waals surface area contributed by atoms with Gasteiger partial charge in [-0.3, -0.25) is 14.4 Å². The van der Waals surface area contributed by atoms with Gasteiger partial charge in [0.05, 0.1) is 19.3 Å². The number of rotatable bonds is 6. The number of carbonyl (C=O) groups excluding carboxylic acids is 2. The molecule has 1 saturated heterocycles. The second-order valence-corrected chi connectivity index (χ2v) is 6.65. The Morgan fingerprint density at radius 3 is 2.22 bits per heavy atom.